The topological polar surface area (TPSA) is 45.7 Å². The van der Waals surface area contributed by atoms with Crippen LogP contribution in [0.2, 0.25) is 5.02 Å². The molecule has 1 amide bonds. The normalized spacial score (nSPS) is 14.1. The maximum absolute atomic E-state index is 12.9. The summed E-state index contributed by atoms with van der Waals surface area (Å²) in [5.74, 6) is 1.52. The first kappa shape index (κ1) is 19.8. The van der Waals surface area contributed by atoms with Crippen molar-refractivity contribution in [2.45, 2.75) is 0 Å². The van der Waals surface area contributed by atoms with E-state index in [9.17, 15) is 4.79 Å². The van der Waals surface area contributed by atoms with Gasteiger partial charge in [-0.05, 0) is 48.5 Å². The van der Waals surface area contributed by atoms with Crippen LogP contribution in [0.1, 0.15) is 10.4 Å². The van der Waals surface area contributed by atoms with Gasteiger partial charge in [-0.15, -0.1) is 0 Å². The third kappa shape index (κ3) is 4.22. The second-order valence-corrected chi connectivity index (χ2v) is 8.72. The molecule has 1 saturated heterocycles. The van der Waals surface area contributed by atoms with Gasteiger partial charge in [0.25, 0.3) is 5.91 Å². The summed E-state index contributed by atoms with van der Waals surface area (Å²) < 4.78 is 6.89. The fourth-order valence-electron chi connectivity index (χ4n) is 3.61. The number of nitrogens with zero attached hydrogens (tertiary/aromatic N) is 3. The first-order chi connectivity index (χ1) is 15.2. The van der Waals surface area contributed by atoms with E-state index < -0.39 is 0 Å². The van der Waals surface area contributed by atoms with Gasteiger partial charge in [-0.2, -0.15) is 0 Å². The summed E-state index contributed by atoms with van der Waals surface area (Å²) >= 11 is 7.90. The predicted molar refractivity (Wildman–Crippen MR) is 126 cm³/mol. The SMILES string of the molecule is O=C(c1ccc(Oc2ccccc2)cc1)N1CCN(c2nc3c(Cl)cccc3s2)CC1. The Morgan fingerprint density at radius 1 is 0.871 bits per heavy atom. The second-order valence-electron chi connectivity index (χ2n) is 7.30. The van der Waals surface area contributed by atoms with E-state index in [1.54, 1.807) is 11.3 Å². The van der Waals surface area contributed by atoms with Crippen molar-refractivity contribution in [3.05, 3.63) is 83.4 Å². The first-order valence-corrected chi connectivity index (χ1v) is 11.3. The van der Waals surface area contributed by atoms with Gasteiger partial charge in [-0.1, -0.05) is 47.2 Å². The Bertz CT molecular complexity index is 1200. The molecular weight excluding hydrogens is 430 g/mol. The second kappa shape index (κ2) is 8.57. The van der Waals surface area contributed by atoms with Crippen molar-refractivity contribution in [1.82, 2.24) is 9.88 Å². The summed E-state index contributed by atoms with van der Waals surface area (Å²) in [6.45, 7) is 2.81. The molecule has 3 aromatic carbocycles. The van der Waals surface area contributed by atoms with Crippen LogP contribution in [0.4, 0.5) is 5.13 Å². The van der Waals surface area contributed by atoms with Crippen molar-refractivity contribution in [3.63, 3.8) is 0 Å². The molecule has 1 fully saturated rings. The summed E-state index contributed by atoms with van der Waals surface area (Å²) in [7, 11) is 0. The smallest absolute Gasteiger partial charge is 0.253 e. The van der Waals surface area contributed by atoms with E-state index in [0.717, 1.165) is 34.2 Å². The maximum Gasteiger partial charge on any atom is 0.253 e. The highest BCUT2D eigenvalue weighted by atomic mass is 35.5. The van der Waals surface area contributed by atoms with E-state index in [0.29, 0.717) is 29.4 Å². The third-order valence-electron chi connectivity index (χ3n) is 5.28. The van der Waals surface area contributed by atoms with Gasteiger partial charge < -0.3 is 14.5 Å². The lowest BCUT2D eigenvalue weighted by Crippen LogP contribution is -2.48. The molecule has 2 heterocycles. The summed E-state index contributed by atoms with van der Waals surface area (Å²) in [5.41, 5.74) is 1.51. The van der Waals surface area contributed by atoms with Gasteiger partial charge in [0.1, 0.15) is 17.0 Å². The zero-order valence-electron chi connectivity index (χ0n) is 16.7. The van der Waals surface area contributed by atoms with Gasteiger partial charge in [0.15, 0.2) is 5.13 Å². The number of fused-ring (bicyclic) bond motifs is 1. The minimum absolute atomic E-state index is 0.0401. The van der Waals surface area contributed by atoms with Gasteiger partial charge in [0.2, 0.25) is 0 Å². The lowest BCUT2D eigenvalue weighted by molar-refractivity contribution is 0.0747. The molecule has 0 bridgehead atoms. The molecule has 0 aliphatic carbocycles. The standard InChI is InChI=1S/C24H20ClN3O2S/c25-20-7-4-8-21-22(20)26-24(31-21)28-15-13-27(14-16-28)23(29)17-9-11-19(12-10-17)30-18-5-2-1-3-6-18/h1-12H,13-16H2. The van der Waals surface area contributed by atoms with Crippen LogP contribution in [0.3, 0.4) is 0 Å². The number of amides is 1. The molecule has 5 rings (SSSR count). The summed E-state index contributed by atoms with van der Waals surface area (Å²) in [5, 5.41) is 1.63. The van der Waals surface area contributed by atoms with Crippen LogP contribution in [0.25, 0.3) is 10.2 Å². The highest BCUT2D eigenvalue weighted by Gasteiger charge is 2.24. The molecule has 0 unspecified atom stereocenters. The lowest BCUT2D eigenvalue weighted by Gasteiger charge is -2.34. The number of carbonyl (C=O) groups excluding carboxylic acids is 1. The molecule has 31 heavy (non-hydrogen) atoms. The van der Waals surface area contributed by atoms with E-state index in [4.69, 9.17) is 21.3 Å². The van der Waals surface area contributed by atoms with Crippen LogP contribution in [0.15, 0.2) is 72.8 Å². The van der Waals surface area contributed by atoms with Crippen molar-refractivity contribution in [2.24, 2.45) is 0 Å². The molecule has 7 heteroatoms. The number of anilines is 1. The van der Waals surface area contributed by atoms with Crippen molar-refractivity contribution in [1.29, 1.82) is 0 Å². The highest BCUT2D eigenvalue weighted by Crippen LogP contribution is 2.33. The first-order valence-electron chi connectivity index (χ1n) is 10.1. The molecule has 0 atom stereocenters. The monoisotopic (exact) mass is 449 g/mol. The van der Waals surface area contributed by atoms with Gasteiger partial charge in [-0.3, -0.25) is 4.79 Å². The van der Waals surface area contributed by atoms with E-state index in [1.807, 2.05) is 77.7 Å². The molecule has 0 spiro atoms. The van der Waals surface area contributed by atoms with Crippen molar-refractivity contribution < 1.29 is 9.53 Å². The van der Waals surface area contributed by atoms with Gasteiger partial charge in [0.05, 0.1) is 9.72 Å². The molecular formula is C24H20ClN3O2S. The number of aromatic nitrogens is 1. The minimum Gasteiger partial charge on any atom is -0.457 e. The number of halogens is 1. The number of benzene rings is 3. The van der Waals surface area contributed by atoms with Crippen LogP contribution in [0, 0.1) is 0 Å². The van der Waals surface area contributed by atoms with Crippen molar-refractivity contribution >= 4 is 44.2 Å². The zero-order chi connectivity index (χ0) is 21.2. The number of ether oxygens (including phenoxy) is 1. The molecule has 0 radical (unpaired) electrons. The maximum atomic E-state index is 12.9. The Morgan fingerprint density at radius 2 is 1.58 bits per heavy atom. The average molecular weight is 450 g/mol. The van der Waals surface area contributed by atoms with E-state index in [2.05, 4.69) is 4.90 Å². The number of carbonyl (C=O) groups is 1. The van der Waals surface area contributed by atoms with Crippen LogP contribution < -0.4 is 9.64 Å². The number of hydrogen-bond acceptors (Lipinski definition) is 5. The average Bonchev–Trinajstić information content (AvgIpc) is 3.26. The molecule has 1 aromatic heterocycles. The quantitative estimate of drug-likeness (QED) is 0.400. The number of para-hydroxylation sites is 2. The van der Waals surface area contributed by atoms with Crippen LogP contribution >= 0.6 is 22.9 Å². The van der Waals surface area contributed by atoms with E-state index in [-0.39, 0.29) is 5.91 Å². The fourth-order valence-corrected chi connectivity index (χ4v) is 4.93. The van der Waals surface area contributed by atoms with E-state index >= 15 is 0 Å². The molecule has 1 aliphatic rings. The summed E-state index contributed by atoms with van der Waals surface area (Å²) in [6.07, 6.45) is 0. The van der Waals surface area contributed by atoms with Crippen LogP contribution in [-0.2, 0) is 0 Å². The largest absolute Gasteiger partial charge is 0.457 e. The van der Waals surface area contributed by atoms with Gasteiger partial charge in [-0.25, -0.2) is 4.98 Å². The summed E-state index contributed by atoms with van der Waals surface area (Å²) in [4.78, 5) is 21.8. The van der Waals surface area contributed by atoms with Crippen molar-refractivity contribution in [3.8, 4) is 11.5 Å². The molecule has 0 N–H and O–H groups in total. The van der Waals surface area contributed by atoms with Crippen LogP contribution in [0.5, 0.6) is 11.5 Å². The predicted octanol–water partition coefficient (Wildman–Crippen LogP) is 5.70. The number of hydrogen-bond donors (Lipinski definition) is 0. The number of thiazole rings is 1. The zero-order valence-corrected chi connectivity index (χ0v) is 18.3. The molecule has 1 aliphatic heterocycles. The summed E-state index contributed by atoms with van der Waals surface area (Å²) in [6, 6.07) is 22.8. The molecule has 156 valence electrons. The van der Waals surface area contributed by atoms with E-state index in [1.165, 1.54) is 0 Å². The Hall–Kier alpha value is -3.09. The Morgan fingerprint density at radius 3 is 2.29 bits per heavy atom. The Labute approximate surface area is 189 Å². The minimum atomic E-state index is 0.0401. The molecule has 5 nitrogen and oxygen atoms in total. The lowest BCUT2D eigenvalue weighted by atomic mass is 10.1. The third-order valence-corrected chi connectivity index (χ3v) is 6.66. The highest BCUT2D eigenvalue weighted by molar-refractivity contribution is 7.22. The fraction of sp³-hybridized carbons (Fsp3) is 0.167. The van der Waals surface area contributed by atoms with Crippen LogP contribution in [-0.4, -0.2) is 42.0 Å². The Kier molecular flexibility index (Phi) is 5.49. The molecule has 4 aromatic rings. The number of piperazine rings is 1. The van der Waals surface area contributed by atoms with Crippen molar-refractivity contribution in [2.75, 3.05) is 31.1 Å². The molecule has 0 saturated carbocycles. The number of rotatable bonds is 4. The Balaban J connectivity index is 1.22. The van der Waals surface area contributed by atoms with Gasteiger partial charge >= 0.3 is 0 Å². The van der Waals surface area contributed by atoms with Gasteiger partial charge in [0, 0.05) is 31.7 Å².